The van der Waals surface area contributed by atoms with Crippen LogP contribution in [-0.2, 0) is 6.54 Å². The number of nitrogens with one attached hydrogen (secondary N) is 1. The lowest BCUT2D eigenvalue weighted by Crippen LogP contribution is -2.30. The molecule has 0 saturated heterocycles. The van der Waals surface area contributed by atoms with E-state index in [2.05, 4.69) is 52.4 Å². The van der Waals surface area contributed by atoms with Gasteiger partial charge < -0.3 is 10.2 Å². The van der Waals surface area contributed by atoms with Crippen molar-refractivity contribution in [3.63, 3.8) is 0 Å². The molecular formula is C15H31N5S. The molecule has 1 aromatic heterocycles. The van der Waals surface area contributed by atoms with Crippen molar-refractivity contribution in [2.45, 2.75) is 47.1 Å². The number of rotatable bonds is 12. The first-order chi connectivity index (χ1) is 10.2. The van der Waals surface area contributed by atoms with Crippen LogP contribution in [0.25, 0.3) is 0 Å². The minimum Gasteiger partial charge on any atom is -0.374 e. The highest BCUT2D eigenvalue weighted by atomic mass is 32.1. The van der Waals surface area contributed by atoms with Gasteiger partial charge in [-0.1, -0.05) is 32.2 Å². The summed E-state index contributed by atoms with van der Waals surface area (Å²) in [6, 6.07) is 0. The van der Waals surface area contributed by atoms with Crippen molar-refractivity contribution in [1.29, 1.82) is 0 Å². The van der Waals surface area contributed by atoms with E-state index in [1.807, 2.05) is 0 Å². The molecule has 0 atom stereocenters. The van der Waals surface area contributed by atoms with E-state index < -0.39 is 0 Å². The van der Waals surface area contributed by atoms with Crippen LogP contribution >= 0.6 is 11.5 Å². The Morgan fingerprint density at radius 3 is 2.29 bits per heavy atom. The maximum Gasteiger partial charge on any atom is 0.134 e. The minimum atomic E-state index is 0.900. The van der Waals surface area contributed by atoms with Crippen LogP contribution in [0.3, 0.4) is 0 Å². The summed E-state index contributed by atoms with van der Waals surface area (Å²) in [5.74, 6) is 0. The summed E-state index contributed by atoms with van der Waals surface area (Å²) in [5.41, 5.74) is 1.10. The van der Waals surface area contributed by atoms with Gasteiger partial charge in [0.15, 0.2) is 0 Å². The lowest BCUT2D eigenvalue weighted by Gasteiger charge is -2.23. The molecule has 0 spiro atoms. The second-order valence-electron chi connectivity index (χ2n) is 5.22. The summed E-state index contributed by atoms with van der Waals surface area (Å²) in [4.78, 5) is 4.93. The monoisotopic (exact) mass is 313 g/mol. The zero-order chi connectivity index (χ0) is 15.5. The van der Waals surface area contributed by atoms with Crippen LogP contribution in [0.15, 0.2) is 0 Å². The Morgan fingerprint density at radius 1 is 1.00 bits per heavy atom. The van der Waals surface area contributed by atoms with E-state index in [-0.39, 0.29) is 0 Å². The third-order valence-corrected chi connectivity index (χ3v) is 4.48. The highest BCUT2D eigenvalue weighted by Crippen LogP contribution is 2.19. The molecule has 0 bridgehead atoms. The van der Waals surface area contributed by atoms with Gasteiger partial charge in [-0.05, 0) is 45.6 Å². The molecule has 1 rings (SSSR count). The van der Waals surface area contributed by atoms with E-state index >= 15 is 0 Å². The van der Waals surface area contributed by atoms with Crippen LogP contribution in [0.5, 0.6) is 0 Å². The average Bonchev–Trinajstić information content (AvgIpc) is 2.95. The first-order valence-corrected chi connectivity index (χ1v) is 9.02. The van der Waals surface area contributed by atoms with E-state index in [0.717, 1.165) is 56.4 Å². The Hall–Kier alpha value is -0.720. The van der Waals surface area contributed by atoms with Crippen molar-refractivity contribution in [1.82, 2.24) is 19.4 Å². The Balaban J connectivity index is 2.41. The molecule has 0 aromatic carbocycles. The molecule has 0 saturated carbocycles. The molecule has 1 N–H and O–H groups in total. The molecule has 0 fully saturated rings. The van der Waals surface area contributed by atoms with E-state index in [1.54, 1.807) is 0 Å². The lowest BCUT2D eigenvalue weighted by molar-refractivity contribution is 0.237. The van der Waals surface area contributed by atoms with Gasteiger partial charge in [0.05, 0.1) is 0 Å². The summed E-state index contributed by atoms with van der Waals surface area (Å²) in [6.45, 7) is 16.4. The maximum atomic E-state index is 4.29. The number of anilines is 1. The Kier molecular flexibility index (Phi) is 9.54. The fourth-order valence-corrected chi connectivity index (χ4v) is 2.90. The zero-order valence-corrected chi connectivity index (χ0v) is 14.9. The molecule has 5 nitrogen and oxygen atoms in total. The topological polar surface area (TPSA) is 44.3 Å². The summed E-state index contributed by atoms with van der Waals surface area (Å²) in [6.07, 6.45) is 2.34. The molecule has 0 unspecified atom stereocenters. The number of hydrogen-bond donors (Lipinski definition) is 1. The molecule has 0 amide bonds. The fraction of sp³-hybridized carbons (Fsp3) is 0.867. The van der Waals surface area contributed by atoms with Gasteiger partial charge in [0.1, 0.15) is 10.7 Å². The van der Waals surface area contributed by atoms with E-state index in [9.17, 15) is 0 Å². The molecule has 1 aromatic rings. The van der Waals surface area contributed by atoms with Crippen molar-refractivity contribution in [3.8, 4) is 0 Å². The average molecular weight is 314 g/mol. The van der Waals surface area contributed by atoms with Crippen LogP contribution in [0.2, 0.25) is 0 Å². The maximum absolute atomic E-state index is 4.29. The van der Waals surface area contributed by atoms with Crippen LogP contribution < -0.4 is 5.32 Å². The van der Waals surface area contributed by atoms with Gasteiger partial charge in [-0.2, -0.15) is 0 Å². The van der Waals surface area contributed by atoms with Crippen LogP contribution in [-0.4, -0.2) is 58.7 Å². The van der Waals surface area contributed by atoms with Gasteiger partial charge in [-0.25, -0.2) is 0 Å². The van der Waals surface area contributed by atoms with Crippen LogP contribution in [0, 0.1) is 0 Å². The highest BCUT2D eigenvalue weighted by molar-refractivity contribution is 7.10. The number of nitrogens with zero attached hydrogens (tertiary/aromatic N) is 4. The summed E-state index contributed by atoms with van der Waals surface area (Å²) < 4.78 is 4.09. The van der Waals surface area contributed by atoms with Crippen LogP contribution in [0.4, 0.5) is 5.00 Å². The van der Waals surface area contributed by atoms with Gasteiger partial charge in [0, 0.05) is 24.6 Å². The largest absolute Gasteiger partial charge is 0.374 e. The van der Waals surface area contributed by atoms with E-state index in [0.29, 0.717) is 0 Å². The lowest BCUT2D eigenvalue weighted by atomic mass is 10.3. The van der Waals surface area contributed by atoms with Gasteiger partial charge in [-0.3, -0.25) is 4.90 Å². The number of hydrogen-bond acceptors (Lipinski definition) is 6. The third kappa shape index (κ3) is 6.72. The smallest absolute Gasteiger partial charge is 0.134 e. The second-order valence-corrected chi connectivity index (χ2v) is 5.98. The minimum absolute atomic E-state index is 0.900. The van der Waals surface area contributed by atoms with Crippen molar-refractivity contribution < 1.29 is 0 Å². The standard InChI is InChI=1S/C15H31N5S/c1-5-10-16-15-14(17-18-21-15)13-20(8-4)12-9-11-19(6-2)7-3/h16H,5-13H2,1-4H3. The summed E-state index contributed by atoms with van der Waals surface area (Å²) >= 11 is 1.47. The molecule has 0 aliphatic rings. The van der Waals surface area contributed by atoms with Crippen molar-refractivity contribution >= 4 is 16.5 Å². The Labute approximate surface area is 133 Å². The first kappa shape index (κ1) is 18.3. The predicted molar refractivity (Wildman–Crippen MR) is 92.0 cm³/mol. The molecule has 0 radical (unpaired) electrons. The number of aromatic nitrogens is 2. The molecule has 6 heteroatoms. The quantitative estimate of drug-likeness (QED) is 0.643. The summed E-state index contributed by atoms with van der Waals surface area (Å²) in [5, 5.41) is 8.85. The molecule has 0 aliphatic heterocycles. The van der Waals surface area contributed by atoms with Crippen LogP contribution in [0.1, 0.15) is 46.2 Å². The third-order valence-electron chi connectivity index (χ3n) is 3.76. The zero-order valence-electron chi connectivity index (χ0n) is 14.1. The normalized spacial score (nSPS) is 11.5. The molecule has 0 aliphatic carbocycles. The SMILES string of the molecule is CCCNc1snnc1CN(CC)CCCN(CC)CC. The Morgan fingerprint density at radius 2 is 1.67 bits per heavy atom. The molecule has 21 heavy (non-hydrogen) atoms. The first-order valence-electron chi connectivity index (χ1n) is 8.24. The van der Waals surface area contributed by atoms with Crippen molar-refractivity contribution in [2.75, 3.05) is 44.6 Å². The van der Waals surface area contributed by atoms with Crippen molar-refractivity contribution in [2.24, 2.45) is 0 Å². The van der Waals surface area contributed by atoms with Gasteiger partial charge in [0.25, 0.3) is 0 Å². The predicted octanol–water partition coefficient (Wildman–Crippen LogP) is 2.91. The van der Waals surface area contributed by atoms with Gasteiger partial charge >= 0.3 is 0 Å². The van der Waals surface area contributed by atoms with Gasteiger partial charge in [-0.15, -0.1) is 5.10 Å². The summed E-state index contributed by atoms with van der Waals surface area (Å²) in [7, 11) is 0. The Bertz CT molecular complexity index is 365. The second kappa shape index (κ2) is 10.9. The molecule has 1 heterocycles. The fourth-order valence-electron chi connectivity index (χ4n) is 2.30. The van der Waals surface area contributed by atoms with E-state index in [1.165, 1.54) is 24.5 Å². The molecular weight excluding hydrogens is 282 g/mol. The van der Waals surface area contributed by atoms with Gasteiger partial charge in [0.2, 0.25) is 0 Å². The van der Waals surface area contributed by atoms with E-state index in [4.69, 9.17) is 0 Å². The highest BCUT2D eigenvalue weighted by Gasteiger charge is 2.12. The van der Waals surface area contributed by atoms with Crippen molar-refractivity contribution in [3.05, 3.63) is 5.69 Å². The molecule has 122 valence electrons.